The van der Waals surface area contributed by atoms with Crippen LogP contribution in [0.1, 0.15) is 64.9 Å². The third-order valence-electron chi connectivity index (χ3n) is 4.49. The number of carbonyl (C=O) groups excluding carboxylic acids is 3. The maximum atomic E-state index is 12.7. The maximum Gasteiger partial charge on any atom is 0.339 e. The molecular formula is C22H30N4O4. The minimum atomic E-state index is -0.448. The molecule has 0 aliphatic carbocycles. The van der Waals surface area contributed by atoms with E-state index in [1.165, 1.54) is 7.11 Å². The minimum Gasteiger partial charge on any atom is -0.465 e. The molecule has 1 aromatic carbocycles. The Balaban J connectivity index is 2.05. The van der Waals surface area contributed by atoms with Crippen molar-refractivity contribution in [2.24, 2.45) is 0 Å². The van der Waals surface area contributed by atoms with Crippen LogP contribution in [-0.4, -0.2) is 36.0 Å². The molecule has 2 rings (SSSR count). The molecule has 1 aromatic heterocycles. The second-order valence-electron chi connectivity index (χ2n) is 7.35. The Morgan fingerprint density at radius 3 is 2.37 bits per heavy atom. The fraction of sp³-hybridized carbons (Fsp3) is 0.409. The fourth-order valence-electron chi connectivity index (χ4n) is 3.15. The predicted molar refractivity (Wildman–Crippen MR) is 116 cm³/mol. The van der Waals surface area contributed by atoms with Crippen LogP contribution < -0.4 is 16.0 Å². The Labute approximate surface area is 176 Å². The van der Waals surface area contributed by atoms with E-state index in [2.05, 4.69) is 20.9 Å². The summed E-state index contributed by atoms with van der Waals surface area (Å²) in [5.41, 5.74) is 3.65. The number of ether oxygens (including phenoxy) is 1. The van der Waals surface area contributed by atoms with E-state index in [-0.39, 0.29) is 18.0 Å². The lowest BCUT2D eigenvalue weighted by atomic mass is 10.0. The first-order valence-electron chi connectivity index (χ1n) is 10.0. The van der Waals surface area contributed by atoms with E-state index < -0.39 is 5.97 Å². The number of aryl methyl sites for hydroxylation is 1. The number of carbonyl (C=O) groups is 3. The van der Waals surface area contributed by atoms with E-state index in [9.17, 15) is 14.4 Å². The summed E-state index contributed by atoms with van der Waals surface area (Å²) >= 11 is 0. The highest BCUT2D eigenvalue weighted by Gasteiger charge is 2.24. The van der Waals surface area contributed by atoms with Gasteiger partial charge in [0, 0.05) is 24.0 Å². The van der Waals surface area contributed by atoms with Crippen LogP contribution in [0.25, 0.3) is 0 Å². The molecule has 0 spiro atoms. The minimum absolute atomic E-state index is 0.0495. The smallest absolute Gasteiger partial charge is 0.339 e. The number of urea groups is 1. The number of esters is 1. The van der Waals surface area contributed by atoms with Crippen LogP contribution in [0.4, 0.5) is 10.5 Å². The highest BCUT2D eigenvalue weighted by Crippen LogP contribution is 2.22. The van der Waals surface area contributed by atoms with Crippen molar-refractivity contribution in [3.63, 3.8) is 0 Å². The average molecular weight is 415 g/mol. The van der Waals surface area contributed by atoms with Crippen molar-refractivity contribution in [2.45, 2.75) is 53.1 Å². The monoisotopic (exact) mass is 414 g/mol. The maximum absolute atomic E-state index is 12.7. The van der Waals surface area contributed by atoms with E-state index >= 15 is 0 Å². The average Bonchev–Trinajstić information content (AvgIpc) is 3.02. The van der Waals surface area contributed by atoms with Crippen LogP contribution in [-0.2, 0) is 17.7 Å². The largest absolute Gasteiger partial charge is 0.465 e. The van der Waals surface area contributed by atoms with Crippen molar-refractivity contribution < 1.29 is 19.1 Å². The summed E-state index contributed by atoms with van der Waals surface area (Å²) in [5.74, 6) is -0.731. The van der Waals surface area contributed by atoms with Gasteiger partial charge in [0.2, 0.25) is 0 Å². The van der Waals surface area contributed by atoms with Crippen LogP contribution in [0, 0.1) is 6.92 Å². The number of methoxy groups -OCH3 is 1. The Bertz CT molecular complexity index is 901. The standard InChI is InChI=1S/C22H30N4O4/c1-6-7-17-18(21(28)30-5)14(4)25-19(17)20(27)23-12-15-8-10-16(11-9-15)26-22(29)24-13(2)3/h8-11,13,25H,6-7,12H2,1-5H3,(H,23,27)(H2,24,26,29). The summed E-state index contributed by atoms with van der Waals surface area (Å²) in [6.45, 7) is 7.83. The van der Waals surface area contributed by atoms with Gasteiger partial charge in [-0.05, 0) is 50.5 Å². The predicted octanol–water partition coefficient (Wildman–Crippen LogP) is 3.52. The van der Waals surface area contributed by atoms with Gasteiger partial charge in [0.05, 0.1) is 12.7 Å². The van der Waals surface area contributed by atoms with Gasteiger partial charge < -0.3 is 25.7 Å². The van der Waals surface area contributed by atoms with Gasteiger partial charge >= 0.3 is 12.0 Å². The molecule has 8 heteroatoms. The molecule has 0 bridgehead atoms. The Kier molecular flexibility index (Phi) is 8.03. The number of hydrogen-bond acceptors (Lipinski definition) is 4. The zero-order valence-electron chi connectivity index (χ0n) is 18.1. The van der Waals surface area contributed by atoms with Gasteiger partial charge in [0.1, 0.15) is 5.69 Å². The topological polar surface area (TPSA) is 112 Å². The summed E-state index contributed by atoms with van der Waals surface area (Å²) in [4.78, 5) is 39.6. The first-order valence-corrected chi connectivity index (χ1v) is 10.0. The van der Waals surface area contributed by atoms with E-state index in [1.807, 2.05) is 32.9 Å². The molecule has 8 nitrogen and oxygen atoms in total. The fourth-order valence-corrected chi connectivity index (χ4v) is 3.15. The van der Waals surface area contributed by atoms with Gasteiger partial charge in [-0.2, -0.15) is 0 Å². The molecule has 0 fully saturated rings. The summed E-state index contributed by atoms with van der Waals surface area (Å²) in [6, 6.07) is 7.00. The summed E-state index contributed by atoms with van der Waals surface area (Å²) in [5, 5.41) is 8.38. The number of amides is 3. The number of aromatic nitrogens is 1. The van der Waals surface area contributed by atoms with E-state index in [4.69, 9.17) is 4.74 Å². The molecule has 4 N–H and O–H groups in total. The number of nitrogens with one attached hydrogen (secondary N) is 4. The number of hydrogen-bond donors (Lipinski definition) is 4. The Morgan fingerprint density at radius 2 is 1.80 bits per heavy atom. The molecule has 0 aliphatic heterocycles. The van der Waals surface area contributed by atoms with E-state index in [0.717, 1.165) is 12.0 Å². The molecule has 0 saturated heterocycles. The van der Waals surface area contributed by atoms with Gasteiger partial charge in [-0.3, -0.25) is 4.79 Å². The molecule has 30 heavy (non-hydrogen) atoms. The molecule has 162 valence electrons. The zero-order chi connectivity index (χ0) is 22.3. The van der Waals surface area contributed by atoms with Crippen LogP contribution in [0.2, 0.25) is 0 Å². The number of benzene rings is 1. The lowest BCUT2D eigenvalue weighted by Gasteiger charge is -2.11. The molecule has 3 amide bonds. The van der Waals surface area contributed by atoms with Crippen molar-refractivity contribution in [1.82, 2.24) is 15.6 Å². The van der Waals surface area contributed by atoms with Crippen LogP contribution in [0.3, 0.4) is 0 Å². The van der Waals surface area contributed by atoms with Crippen LogP contribution >= 0.6 is 0 Å². The second kappa shape index (κ2) is 10.5. The number of rotatable bonds is 8. The normalized spacial score (nSPS) is 10.6. The number of aromatic amines is 1. The molecular weight excluding hydrogens is 384 g/mol. The van der Waals surface area contributed by atoms with Crippen molar-refractivity contribution in [3.05, 3.63) is 52.3 Å². The summed E-state index contributed by atoms with van der Waals surface area (Å²) in [6.07, 6.45) is 1.39. The first kappa shape index (κ1) is 23.0. The lowest BCUT2D eigenvalue weighted by molar-refractivity contribution is 0.0599. The van der Waals surface area contributed by atoms with Crippen molar-refractivity contribution in [3.8, 4) is 0 Å². The zero-order valence-corrected chi connectivity index (χ0v) is 18.1. The highest BCUT2D eigenvalue weighted by molar-refractivity contribution is 6.00. The second-order valence-corrected chi connectivity index (χ2v) is 7.35. The molecule has 0 atom stereocenters. The number of H-pyrrole nitrogens is 1. The molecule has 0 radical (unpaired) electrons. The Hall–Kier alpha value is -3.29. The van der Waals surface area contributed by atoms with Gasteiger partial charge in [0.15, 0.2) is 0 Å². The highest BCUT2D eigenvalue weighted by atomic mass is 16.5. The van der Waals surface area contributed by atoms with Crippen molar-refractivity contribution in [1.29, 1.82) is 0 Å². The lowest BCUT2D eigenvalue weighted by Crippen LogP contribution is -2.34. The van der Waals surface area contributed by atoms with Gasteiger partial charge in [-0.1, -0.05) is 25.5 Å². The van der Waals surface area contributed by atoms with Gasteiger partial charge in [0.25, 0.3) is 5.91 Å². The molecule has 1 heterocycles. The molecule has 0 saturated carbocycles. The van der Waals surface area contributed by atoms with Crippen molar-refractivity contribution >= 4 is 23.6 Å². The van der Waals surface area contributed by atoms with Crippen LogP contribution in [0.5, 0.6) is 0 Å². The third kappa shape index (κ3) is 5.85. The summed E-state index contributed by atoms with van der Waals surface area (Å²) < 4.78 is 4.86. The quantitative estimate of drug-likeness (QED) is 0.495. The SMILES string of the molecule is CCCc1c(C(=O)NCc2ccc(NC(=O)NC(C)C)cc2)[nH]c(C)c1C(=O)OC. The first-order chi connectivity index (χ1) is 14.3. The van der Waals surface area contributed by atoms with E-state index in [0.29, 0.717) is 41.2 Å². The third-order valence-corrected chi connectivity index (χ3v) is 4.49. The van der Waals surface area contributed by atoms with Crippen LogP contribution in [0.15, 0.2) is 24.3 Å². The number of anilines is 1. The molecule has 0 aliphatic rings. The summed E-state index contributed by atoms with van der Waals surface area (Å²) in [7, 11) is 1.33. The van der Waals surface area contributed by atoms with Gasteiger partial charge in [-0.15, -0.1) is 0 Å². The van der Waals surface area contributed by atoms with Crippen molar-refractivity contribution in [2.75, 3.05) is 12.4 Å². The molecule has 0 unspecified atom stereocenters. The molecule has 2 aromatic rings. The Morgan fingerprint density at radius 1 is 1.13 bits per heavy atom. The van der Waals surface area contributed by atoms with Gasteiger partial charge in [-0.25, -0.2) is 9.59 Å². The van der Waals surface area contributed by atoms with E-state index in [1.54, 1.807) is 19.1 Å².